The standard InChI is InChI=1S/C21H22N4O4/c1-27-17-7-4-14(5-8-17)11-22-21-23-12-15(13-24-21)20(26)25-16-6-9-18(28-2)19(10-16)29-3/h4-10,12-13H,11H2,1-3H3,(H,25,26)(H,22,23,24). The van der Waals surface area contributed by atoms with Crippen molar-refractivity contribution in [2.75, 3.05) is 32.0 Å². The van der Waals surface area contributed by atoms with Gasteiger partial charge in [0.2, 0.25) is 5.95 Å². The topological polar surface area (TPSA) is 94.6 Å². The second-order valence-electron chi connectivity index (χ2n) is 6.02. The summed E-state index contributed by atoms with van der Waals surface area (Å²) in [6.45, 7) is 0.557. The summed E-state index contributed by atoms with van der Waals surface area (Å²) in [5.41, 5.74) is 1.98. The number of nitrogens with zero attached hydrogens (tertiary/aromatic N) is 2. The minimum Gasteiger partial charge on any atom is -0.497 e. The number of aromatic nitrogens is 2. The molecule has 1 amide bonds. The van der Waals surface area contributed by atoms with Gasteiger partial charge in [-0.05, 0) is 29.8 Å². The fourth-order valence-electron chi connectivity index (χ4n) is 2.58. The molecule has 2 aromatic carbocycles. The van der Waals surface area contributed by atoms with E-state index in [0.29, 0.717) is 35.2 Å². The maximum atomic E-state index is 12.4. The zero-order valence-corrected chi connectivity index (χ0v) is 16.4. The Morgan fingerprint density at radius 1 is 0.897 bits per heavy atom. The van der Waals surface area contributed by atoms with E-state index < -0.39 is 0 Å². The Balaban J connectivity index is 1.59. The second-order valence-corrected chi connectivity index (χ2v) is 6.02. The lowest BCUT2D eigenvalue weighted by atomic mass is 10.2. The second kappa shape index (κ2) is 9.41. The maximum Gasteiger partial charge on any atom is 0.258 e. The summed E-state index contributed by atoms with van der Waals surface area (Å²) >= 11 is 0. The molecule has 3 rings (SSSR count). The first kappa shape index (κ1) is 19.9. The number of amides is 1. The van der Waals surface area contributed by atoms with Crippen LogP contribution in [-0.2, 0) is 6.54 Å². The molecule has 150 valence electrons. The number of carbonyl (C=O) groups is 1. The third kappa shape index (κ3) is 5.13. The summed E-state index contributed by atoms with van der Waals surface area (Å²) in [4.78, 5) is 20.8. The first-order chi connectivity index (χ1) is 14.1. The van der Waals surface area contributed by atoms with Crippen molar-refractivity contribution in [1.29, 1.82) is 0 Å². The average molecular weight is 394 g/mol. The molecule has 0 aliphatic rings. The number of benzene rings is 2. The van der Waals surface area contributed by atoms with Crippen LogP contribution in [0.5, 0.6) is 17.2 Å². The van der Waals surface area contributed by atoms with Gasteiger partial charge in [0.25, 0.3) is 5.91 Å². The van der Waals surface area contributed by atoms with Gasteiger partial charge in [-0.2, -0.15) is 0 Å². The van der Waals surface area contributed by atoms with Gasteiger partial charge in [0, 0.05) is 30.7 Å². The molecule has 0 unspecified atom stereocenters. The van der Waals surface area contributed by atoms with Gasteiger partial charge in [0.15, 0.2) is 11.5 Å². The van der Waals surface area contributed by atoms with E-state index in [1.807, 2.05) is 24.3 Å². The molecule has 0 aliphatic heterocycles. The number of nitrogens with one attached hydrogen (secondary N) is 2. The molecular formula is C21H22N4O4. The minimum absolute atomic E-state index is 0.320. The number of ether oxygens (including phenoxy) is 3. The monoisotopic (exact) mass is 394 g/mol. The van der Waals surface area contributed by atoms with Crippen molar-refractivity contribution in [3.05, 3.63) is 66.0 Å². The van der Waals surface area contributed by atoms with Crippen molar-refractivity contribution in [3.63, 3.8) is 0 Å². The van der Waals surface area contributed by atoms with Gasteiger partial charge >= 0.3 is 0 Å². The van der Waals surface area contributed by atoms with Crippen molar-refractivity contribution in [3.8, 4) is 17.2 Å². The summed E-state index contributed by atoms with van der Waals surface area (Å²) in [6.07, 6.45) is 2.94. The Bertz CT molecular complexity index is 959. The highest BCUT2D eigenvalue weighted by atomic mass is 16.5. The largest absolute Gasteiger partial charge is 0.497 e. The molecule has 1 aromatic heterocycles. The number of carbonyl (C=O) groups excluding carboxylic acids is 1. The van der Waals surface area contributed by atoms with Crippen LogP contribution >= 0.6 is 0 Å². The van der Waals surface area contributed by atoms with Crippen LogP contribution in [0.3, 0.4) is 0 Å². The lowest BCUT2D eigenvalue weighted by Crippen LogP contribution is -2.13. The molecule has 0 saturated carbocycles. The van der Waals surface area contributed by atoms with Gasteiger partial charge in [0.05, 0.1) is 26.9 Å². The Labute approximate surface area is 168 Å². The molecule has 0 aliphatic carbocycles. The lowest BCUT2D eigenvalue weighted by Gasteiger charge is -2.10. The van der Waals surface area contributed by atoms with Crippen LogP contribution in [0.25, 0.3) is 0 Å². The van der Waals surface area contributed by atoms with Crippen molar-refractivity contribution in [1.82, 2.24) is 9.97 Å². The molecule has 29 heavy (non-hydrogen) atoms. The molecule has 0 radical (unpaired) electrons. The molecule has 0 saturated heterocycles. The van der Waals surface area contributed by atoms with Crippen LogP contribution < -0.4 is 24.8 Å². The molecule has 8 nitrogen and oxygen atoms in total. The van der Waals surface area contributed by atoms with Gasteiger partial charge in [-0.25, -0.2) is 9.97 Å². The molecule has 2 N–H and O–H groups in total. The van der Waals surface area contributed by atoms with Crippen LogP contribution in [0.2, 0.25) is 0 Å². The zero-order chi connectivity index (χ0) is 20.6. The number of hydrogen-bond acceptors (Lipinski definition) is 7. The smallest absolute Gasteiger partial charge is 0.258 e. The predicted octanol–water partition coefficient (Wildman–Crippen LogP) is 3.37. The SMILES string of the molecule is COc1ccc(CNc2ncc(C(=O)Nc3ccc(OC)c(OC)c3)cn2)cc1. The minimum atomic E-state index is -0.320. The first-order valence-corrected chi connectivity index (χ1v) is 8.85. The molecule has 8 heteroatoms. The zero-order valence-electron chi connectivity index (χ0n) is 16.4. The van der Waals surface area contributed by atoms with Crippen LogP contribution in [0.4, 0.5) is 11.6 Å². The number of hydrogen-bond donors (Lipinski definition) is 2. The Morgan fingerprint density at radius 2 is 1.59 bits per heavy atom. The van der Waals surface area contributed by atoms with Gasteiger partial charge in [-0.1, -0.05) is 12.1 Å². The third-order valence-corrected chi connectivity index (χ3v) is 4.17. The number of anilines is 2. The van der Waals surface area contributed by atoms with Gasteiger partial charge < -0.3 is 24.8 Å². The number of rotatable bonds is 8. The molecule has 0 bridgehead atoms. The summed E-state index contributed by atoms with van der Waals surface area (Å²) in [5, 5.41) is 5.90. The first-order valence-electron chi connectivity index (χ1n) is 8.85. The van der Waals surface area contributed by atoms with Crippen molar-refractivity contribution < 1.29 is 19.0 Å². The van der Waals surface area contributed by atoms with E-state index >= 15 is 0 Å². The van der Waals surface area contributed by atoms with E-state index in [-0.39, 0.29) is 5.91 Å². The molecular weight excluding hydrogens is 372 g/mol. The van der Waals surface area contributed by atoms with E-state index in [9.17, 15) is 4.79 Å². The fourth-order valence-corrected chi connectivity index (χ4v) is 2.58. The van der Waals surface area contributed by atoms with Crippen LogP contribution in [0, 0.1) is 0 Å². The molecule has 0 atom stereocenters. The lowest BCUT2D eigenvalue weighted by molar-refractivity contribution is 0.102. The van der Waals surface area contributed by atoms with Crippen molar-refractivity contribution in [2.45, 2.75) is 6.54 Å². The molecule has 1 heterocycles. The summed E-state index contributed by atoms with van der Waals surface area (Å²) in [6, 6.07) is 12.8. The van der Waals surface area contributed by atoms with E-state index in [0.717, 1.165) is 11.3 Å². The quantitative estimate of drug-likeness (QED) is 0.605. The van der Waals surface area contributed by atoms with E-state index in [4.69, 9.17) is 14.2 Å². The normalized spacial score (nSPS) is 10.2. The van der Waals surface area contributed by atoms with Crippen molar-refractivity contribution in [2.24, 2.45) is 0 Å². The third-order valence-electron chi connectivity index (χ3n) is 4.17. The van der Waals surface area contributed by atoms with Gasteiger partial charge in [-0.3, -0.25) is 4.79 Å². The summed E-state index contributed by atoms with van der Waals surface area (Å²) < 4.78 is 15.6. The van der Waals surface area contributed by atoms with E-state index in [1.54, 1.807) is 32.4 Å². The molecule has 3 aromatic rings. The van der Waals surface area contributed by atoms with E-state index in [1.165, 1.54) is 19.5 Å². The van der Waals surface area contributed by atoms with Crippen molar-refractivity contribution >= 4 is 17.5 Å². The fraction of sp³-hybridized carbons (Fsp3) is 0.190. The maximum absolute atomic E-state index is 12.4. The number of methoxy groups -OCH3 is 3. The van der Waals surface area contributed by atoms with Crippen LogP contribution in [-0.4, -0.2) is 37.2 Å². The predicted molar refractivity (Wildman–Crippen MR) is 110 cm³/mol. The molecule has 0 fully saturated rings. The van der Waals surface area contributed by atoms with Crippen LogP contribution in [0.1, 0.15) is 15.9 Å². The summed E-state index contributed by atoms with van der Waals surface area (Å²) in [5.74, 6) is 2.03. The average Bonchev–Trinajstić information content (AvgIpc) is 2.78. The van der Waals surface area contributed by atoms with Gasteiger partial charge in [0.1, 0.15) is 5.75 Å². The molecule has 0 spiro atoms. The Morgan fingerprint density at radius 3 is 2.21 bits per heavy atom. The van der Waals surface area contributed by atoms with Crippen LogP contribution in [0.15, 0.2) is 54.9 Å². The highest BCUT2D eigenvalue weighted by Crippen LogP contribution is 2.29. The van der Waals surface area contributed by atoms with Gasteiger partial charge in [-0.15, -0.1) is 0 Å². The summed E-state index contributed by atoms with van der Waals surface area (Å²) in [7, 11) is 4.72. The highest BCUT2D eigenvalue weighted by molar-refractivity contribution is 6.04. The Kier molecular flexibility index (Phi) is 6.47. The Hall–Kier alpha value is -3.81. The highest BCUT2D eigenvalue weighted by Gasteiger charge is 2.10. The van der Waals surface area contributed by atoms with E-state index in [2.05, 4.69) is 20.6 Å².